The number of carbonyl (C=O) groups excluding carboxylic acids is 1. The van der Waals surface area contributed by atoms with Crippen molar-refractivity contribution in [2.75, 3.05) is 6.54 Å². The van der Waals surface area contributed by atoms with Gasteiger partial charge in [0.05, 0.1) is 6.10 Å². The van der Waals surface area contributed by atoms with Crippen LogP contribution in [0.2, 0.25) is 0 Å². The van der Waals surface area contributed by atoms with E-state index < -0.39 is 6.10 Å². The highest BCUT2D eigenvalue weighted by Gasteiger charge is 2.18. The SMILES string of the molecule is CC[C@@H](Oc1ccccc1C)C(=O)NCCCc1ccc(OC(C)C)cc1. The summed E-state index contributed by atoms with van der Waals surface area (Å²) < 4.78 is 11.5. The van der Waals surface area contributed by atoms with E-state index in [0.717, 1.165) is 29.9 Å². The van der Waals surface area contributed by atoms with E-state index in [1.54, 1.807) is 0 Å². The summed E-state index contributed by atoms with van der Waals surface area (Å²) in [5.41, 5.74) is 2.28. The Hall–Kier alpha value is -2.49. The van der Waals surface area contributed by atoms with Gasteiger partial charge < -0.3 is 14.8 Å². The Morgan fingerprint density at radius 1 is 1.04 bits per heavy atom. The number of nitrogens with one attached hydrogen (secondary N) is 1. The van der Waals surface area contributed by atoms with Gasteiger partial charge in [-0.25, -0.2) is 0 Å². The second kappa shape index (κ2) is 10.6. The van der Waals surface area contributed by atoms with E-state index in [1.807, 2.05) is 64.1 Å². The fraction of sp³-hybridized carbons (Fsp3) is 0.435. The lowest BCUT2D eigenvalue weighted by Gasteiger charge is -2.18. The molecule has 4 nitrogen and oxygen atoms in total. The molecule has 0 aliphatic rings. The van der Waals surface area contributed by atoms with Crippen LogP contribution in [0.25, 0.3) is 0 Å². The number of hydrogen-bond donors (Lipinski definition) is 1. The van der Waals surface area contributed by atoms with Crippen LogP contribution in [-0.2, 0) is 11.2 Å². The molecule has 0 fully saturated rings. The van der Waals surface area contributed by atoms with Gasteiger partial charge in [-0.3, -0.25) is 4.79 Å². The maximum Gasteiger partial charge on any atom is 0.261 e. The summed E-state index contributed by atoms with van der Waals surface area (Å²) in [7, 11) is 0. The third-order valence-electron chi connectivity index (χ3n) is 4.26. The molecule has 0 aliphatic heterocycles. The molecule has 0 heterocycles. The molecule has 1 N–H and O–H groups in total. The molecule has 2 aromatic rings. The van der Waals surface area contributed by atoms with Gasteiger partial charge in [-0.05, 0) is 69.4 Å². The molecule has 0 saturated heterocycles. The third kappa shape index (κ3) is 6.97. The molecule has 27 heavy (non-hydrogen) atoms. The average molecular weight is 370 g/mol. The number of benzene rings is 2. The third-order valence-corrected chi connectivity index (χ3v) is 4.26. The Balaban J connectivity index is 1.75. The minimum Gasteiger partial charge on any atom is -0.491 e. The first-order valence-corrected chi connectivity index (χ1v) is 9.75. The Morgan fingerprint density at radius 2 is 1.74 bits per heavy atom. The highest BCUT2D eigenvalue weighted by Crippen LogP contribution is 2.19. The van der Waals surface area contributed by atoms with Crippen LogP contribution in [0, 0.1) is 6.92 Å². The molecule has 0 saturated carbocycles. The molecule has 1 amide bonds. The van der Waals surface area contributed by atoms with Crippen LogP contribution >= 0.6 is 0 Å². The standard InChI is InChI=1S/C23H31NO3/c1-5-21(27-22-11-7-6-9-18(22)4)23(25)24-16-8-10-19-12-14-20(15-13-19)26-17(2)3/h6-7,9,11-15,17,21H,5,8,10,16H2,1-4H3,(H,24,25)/t21-/m1/s1. The van der Waals surface area contributed by atoms with E-state index in [4.69, 9.17) is 9.47 Å². The van der Waals surface area contributed by atoms with Crippen molar-refractivity contribution in [2.45, 2.75) is 59.2 Å². The average Bonchev–Trinajstić information content (AvgIpc) is 2.65. The summed E-state index contributed by atoms with van der Waals surface area (Å²) in [6, 6.07) is 15.9. The summed E-state index contributed by atoms with van der Waals surface area (Å²) in [6.07, 6.45) is 2.16. The summed E-state index contributed by atoms with van der Waals surface area (Å²) in [6.45, 7) is 8.61. The molecule has 2 aromatic carbocycles. The molecule has 0 unspecified atom stereocenters. The monoisotopic (exact) mass is 369 g/mol. The van der Waals surface area contributed by atoms with Gasteiger partial charge in [0.25, 0.3) is 5.91 Å². The van der Waals surface area contributed by atoms with Gasteiger partial charge in [-0.2, -0.15) is 0 Å². The number of para-hydroxylation sites is 1. The van der Waals surface area contributed by atoms with Crippen LogP contribution in [0.4, 0.5) is 0 Å². The molecule has 4 heteroatoms. The molecular weight excluding hydrogens is 338 g/mol. The molecule has 0 aromatic heterocycles. The van der Waals surface area contributed by atoms with E-state index in [2.05, 4.69) is 17.4 Å². The van der Waals surface area contributed by atoms with E-state index in [1.165, 1.54) is 5.56 Å². The number of hydrogen-bond acceptors (Lipinski definition) is 3. The molecule has 0 radical (unpaired) electrons. The zero-order chi connectivity index (χ0) is 19.6. The van der Waals surface area contributed by atoms with Crippen molar-refractivity contribution >= 4 is 5.91 Å². The van der Waals surface area contributed by atoms with E-state index in [9.17, 15) is 4.79 Å². The Morgan fingerprint density at radius 3 is 2.37 bits per heavy atom. The maximum atomic E-state index is 12.4. The van der Waals surface area contributed by atoms with E-state index in [-0.39, 0.29) is 12.0 Å². The van der Waals surface area contributed by atoms with Crippen molar-refractivity contribution in [1.29, 1.82) is 0 Å². The van der Waals surface area contributed by atoms with Crippen LogP contribution in [-0.4, -0.2) is 24.7 Å². The van der Waals surface area contributed by atoms with Crippen molar-refractivity contribution in [2.24, 2.45) is 0 Å². The van der Waals surface area contributed by atoms with Crippen molar-refractivity contribution < 1.29 is 14.3 Å². The van der Waals surface area contributed by atoms with Gasteiger partial charge in [0.2, 0.25) is 0 Å². The number of ether oxygens (including phenoxy) is 2. The van der Waals surface area contributed by atoms with Gasteiger partial charge in [0.15, 0.2) is 6.10 Å². The highest BCUT2D eigenvalue weighted by molar-refractivity contribution is 5.81. The van der Waals surface area contributed by atoms with Gasteiger partial charge in [0, 0.05) is 6.54 Å². The first kappa shape index (κ1) is 20.8. The Kier molecular flexibility index (Phi) is 8.18. The topological polar surface area (TPSA) is 47.6 Å². The zero-order valence-electron chi connectivity index (χ0n) is 16.8. The summed E-state index contributed by atoms with van der Waals surface area (Å²) in [5, 5.41) is 2.99. The second-order valence-electron chi connectivity index (χ2n) is 6.99. The highest BCUT2D eigenvalue weighted by atomic mass is 16.5. The molecule has 2 rings (SSSR count). The number of amides is 1. The minimum atomic E-state index is -0.460. The Labute approximate surface area is 162 Å². The van der Waals surface area contributed by atoms with Crippen molar-refractivity contribution in [1.82, 2.24) is 5.32 Å². The zero-order valence-corrected chi connectivity index (χ0v) is 16.8. The van der Waals surface area contributed by atoms with Crippen LogP contribution in [0.5, 0.6) is 11.5 Å². The molecule has 0 bridgehead atoms. The lowest BCUT2D eigenvalue weighted by atomic mass is 10.1. The fourth-order valence-corrected chi connectivity index (χ4v) is 2.79. The number of rotatable bonds is 10. The van der Waals surface area contributed by atoms with Crippen molar-refractivity contribution in [3.8, 4) is 11.5 Å². The summed E-state index contributed by atoms with van der Waals surface area (Å²) in [5.74, 6) is 1.60. The summed E-state index contributed by atoms with van der Waals surface area (Å²) in [4.78, 5) is 12.4. The van der Waals surface area contributed by atoms with Crippen LogP contribution < -0.4 is 14.8 Å². The van der Waals surface area contributed by atoms with Gasteiger partial charge in [-0.1, -0.05) is 37.3 Å². The lowest BCUT2D eigenvalue weighted by Crippen LogP contribution is -2.38. The number of carbonyl (C=O) groups is 1. The van der Waals surface area contributed by atoms with Crippen LogP contribution in [0.1, 0.15) is 44.7 Å². The van der Waals surface area contributed by atoms with Crippen LogP contribution in [0.3, 0.4) is 0 Å². The number of aryl methyl sites for hydroxylation is 2. The fourth-order valence-electron chi connectivity index (χ4n) is 2.79. The predicted molar refractivity (Wildman–Crippen MR) is 109 cm³/mol. The quantitative estimate of drug-likeness (QED) is 0.618. The molecular formula is C23H31NO3. The Bertz CT molecular complexity index is 710. The van der Waals surface area contributed by atoms with E-state index in [0.29, 0.717) is 13.0 Å². The molecule has 0 spiro atoms. The maximum absolute atomic E-state index is 12.4. The largest absolute Gasteiger partial charge is 0.491 e. The van der Waals surface area contributed by atoms with Crippen molar-refractivity contribution in [3.63, 3.8) is 0 Å². The van der Waals surface area contributed by atoms with Gasteiger partial charge in [-0.15, -0.1) is 0 Å². The normalized spacial score (nSPS) is 11.9. The second-order valence-corrected chi connectivity index (χ2v) is 6.99. The van der Waals surface area contributed by atoms with Gasteiger partial charge in [0.1, 0.15) is 11.5 Å². The van der Waals surface area contributed by atoms with Crippen LogP contribution in [0.15, 0.2) is 48.5 Å². The minimum absolute atomic E-state index is 0.0542. The first-order valence-electron chi connectivity index (χ1n) is 9.75. The van der Waals surface area contributed by atoms with E-state index >= 15 is 0 Å². The van der Waals surface area contributed by atoms with Crippen molar-refractivity contribution in [3.05, 3.63) is 59.7 Å². The smallest absolute Gasteiger partial charge is 0.261 e. The first-order chi connectivity index (χ1) is 13.0. The summed E-state index contributed by atoms with van der Waals surface area (Å²) >= 11 is 0. The molecule has 0 aliphatic carbocycles. The lowest BCUT2D eigenvalue weighted by molar-refractivity contribution is -0.128. The van der Waals surface area contributed by atoms with Gasteiger partial charge >= 0.3 is 0 Å². The molecule has 1 atom stereocenters. The predicted octanol–water partition coefficient (Wildman–Crippen LogP) is 4.69. The molecule has 146 valence electrons.